The van der Waals surface area contributed by atoms with Gasteiger partial charge in [-0.2, -0.15) is 10.5 Å². The molecule has 0 atom stereocenters. The largest absolute Gasteiger partial charge is 0.360 e. The number of nitriles is 2. The molecule has 0 spiro atoms. The summed E-state index contributed by atoms with van der Waals surface area (Å²) in [6.07, 6.45) is 8.03. The molecule has 0 unspecified atom stereocenters. The lowest BCUT2D eigenvalue weighted by atomic mass is 10.1. The Morgan fingerprint density at radius 2 is 1.75 bits per heavy atom. The molecular weight excluding hydrogens is 409 g/mol. The summed E-state index contributed by atoms with van der Waals surface area (Å²) in [5, 5.41) is 18.1. The van der Waals surface area contributed by atoms with E-state index in [0.29, 0.717) is 5.69 Å². The molecule has 0 amide bonds. The lowest BCUT2D eigenvalue weighted by Crippen LogP contribution is -2.34. The number of imidazole rings is 1. The molecule has 1 N–H and O–H groups in total. The molecule has 2 aromatic heterocycles. The quantitative estimate of drug-likeness (QED) is 0.635. The number of nitrogens with zero attached hydrogens (tertiary/aromatic N) is 6. The minimum absolute atomic E-state index is 0.0721. The normalized spacial score (nSPS) is 15.5. The third-order valence-electron chi connectivity index (χ3n) is 5.62. The number of aromatic nitrogens is 3. The van der Waals surface area contributed by atoms with Gasteiger partial charge < -0.3 is 9.88 Å². The first-order chi connectivity index (χ1) is 15.6. The summed E-state index contributed by atoms with van der Waals surface area (Å²) >= 11 is 0. The molecule has 2 aliphatic rings. The number of aliphatic imine (C=N–C) groups is 1. The lowest BCUT2D eigenvalue weighted by molar-refractivity contribution is 0.391. The monoisotopic (exact) mass is 431 g/mol. The summed E-state index contributed by atoms with van der Waals surface area (Å²) in [4.78, 5) is 25.5. The van der Waals surface area contributed by atoms with Crippen LogP contribution in [0.1, 0.15) is 43.2 Å². The maximum atomic E-state index is 13.0. The minimum Gasteiger partial charge on any atom is -0.360 e. The molecule has 2 aliphatic heterocycles. The maximum Gasteiger partial charge on any atom is 0.268 e. The maximum absolute atomic E-state index is 13.0. The molecule has 0 aliphatic carbocycles. The van der Waals surface area contributed by atoms with E-state index >= 15 is 0 Å². The molecule has 0 saturated carbocycles. The van der Waals surface area contributed by atoms with Crippen molar-refractivity contribution < 1.29 is 4.39 Å². The highest BCUT2D eigenvalue weighted by molar-refractivity contribution is 5.83. The van der Waals surface area contributed by atoms with Gasteiger partial charge in [0.15, 0.2) is 0 Å². The predicted octanol–water partition coefficient (Wildman–Crippen LogP) is 3.26. The van der Waals surface area contributed by atoms with E-state index in [1.54, 1.807) is 6.07 Å². The van der Waals surface area contributed by atoms with Gasteiger partial charge in [-0.25, -0.2) is 9.37 Å². The van der Waals surface area contributed by atoms with Crippen LogP contribution in [0, 0.1) is 28.5 Å². The van der Waals surface area contributed by atoms with Crippen LogP contribution in [0.5, 0.6) is 0 Å². The standard InChI is InChI=1S/C14H6FN5O.C9H16N2/c15-8-1-3-9(4-2-8)20-7-18-12-10(5-16)11(6-17)14(21)19-13(12)20;1-2-5-9-10-6-4-8-11(9)7-3-1/h1-4,7H,(H,19,21);1-8H2. The van der Waals surface area contributed by atoms with Gasteiger partial charge in [0.25, 0.3) is 5.56 Å². The van der Waals surface area contributed by atoms with E-state index in [0.717, 1.165) is 6.54 Å². The van der Waals surface area contributed by atoms with Crippen molar-refractivity contribution in [1.82, 2.24) is 19.4 Å². The van der Waals surface area contributed by atoms with Crippen LogP contribution in [0.15, 0.2) is 40.4 Å². The number of benzene rings is 1. The molecular formula is C23H22FN7O. The van der Waals surface area contributed by atoms with Crippen LogP contribution in [-0.4, -0.2) is 44.9 Å². The molecule has 3 aromatic rings. The van der Waals surface area contributed by atoms with Crippen molar-refractivity contribution in [2.75, 3.05) is 19.6 Å². The summed E-state index contributed by atoms with van der Waals surface area (Å²) < 4.78 is 14.5. The summed E-state index contributed by atoms with van der Waals surface area (Å²) in [7, 11) is 0. The summed E-state index contributed by atoms with van der Waals surface area (Å²) in [6, 6.07) is 9.09. The van der Waals surface area contributed by atoms with Crippen LogP contribution in [0.25, 0.3) is 16.9 Å². The second-order valence-corrected chi connectivity index (χ2v) is 7.67. The van der Waals surface area contributed by atoms with Gasteiger partial charge in [-0.3, -0.25) is 14.4 Å². The van der Waals surface area contributed by atoms with Crippen LogP contribution in [0.2, 0.25) is 0 Å². The molecule has 4 heterocycles. The van der Waals surface area contributed by atoms with Crippen molar-refractivity contribution >= 4 is 17.0 Å². The molecule has 0 radical (unpaired) electrons. The van der Waals surface area contributed by atoms with E-state index < -0.39 is 5.56 Å². The van der Waals surface area contributed by atoms with E-state index in [-0.39, 0.29) is 28.1 Å². The molecule has 8 nitrogen and oxygen atoms in total. The van der Waals surface area contributed by atoms with E-state index in [1.807, 2.05) is 6.07 Å². The Labute approximate surface area is 184 Å². The molecule has 32 heavy (non-hydrogen) atoms. The SMILES string of the molecule is C1CCC2=NCCCN2CC1.N#Cc1c(C#N)c2ncn(-c3ccc(F)cc3)c2[nH]c1=O. The zero-order chi connectivity index (χ0) is 22.5. The Morgan fingerprint density at radius 1 is 1.00 bits per heavy atom. The molecule has 5 rings (SSSR count). The van der Waals surface area contributed by atoms with E-state index in [2.05, 4.69) is 19.9 Å². The van der Waals surface area contributed by atoms with Gasteiger partial charge in [0.2, 0.25) is 0 Å². The third-order valence-corrected chi connectivity index (χ3v) is 5.62. The van der Waals surface area contributed by atoms with Crippen molar-refractivity contribution in [3.63, 3.8) is 0 Å². The molecule has 0 bridgehead atoms. The van der Waals surface area contributed by atoms with Gasteiger partial charge in [0.05, 0.1) is 5.84 Å². The molecule has 9 heteroatoms. The average molecular weight is 431 g/mol. The average Bonchev–Trinajstić information content (AvgIpc) is 3.07. The van der Waals surface area contributed by atoms with Gasteiger partial charge in [-0.05, 0) is 43.5 Å². The number of halogens is 1. The highest BCUT2D eigenvalue weighted by Crippen LogP contribution is 2.20. The Kier molecular flexibility index (Phi) is 6.27. The minimum atomic E-state index is -0.662. The number of H-pyrrole nitrogens is 1. The Morgan fingerprint density at radius 3 is 2.50 bits per heavy atom. The van der Waals surface area contributed by atoms with Gasteiger partial charge in [0, 0.05) is 31.7 Å². The highest BCUT2D eigenvalue weighted by Gasteiger charge is 2.17. The summed E-state index contributed by atoms with van der Waals surface area (Å²) in [5.74, 6) is 1.01. The molecule has 1 fully saturated rings. The molecule has 162 valence electrons. The second kappa shape index (κ2) is 9.44. The van der Waals surface area contributed by atoms with Crippen LogP contribution >= 0.6 is 0 Å². The lowest BCUT2D eigenvalue weighted by Gasteiger charge is -2.27. The number of nitrogens with one attached hydrogen (secondary N) is 1. The van der Waals surface area contributed by atoms with E-state index in [4.69, 9.17) is 10.5 Å². The smallest absolute Gasteiger partial charge is 0.268 e. The topological polar surface area (TPSA) is 114 Å². The number of hydrogen-bond acceptors (Lipinski definition) is 6. The Bertz CT molecular complexity index is 1290. The first-order valence-electron chi connectivity index (χ1n) is 10.6. The van der Waals surface area contributed by atoms with Crippen LogP contribution < -0.4 is 5.56 Å². The molecule has 1 aromatic carbocycles. The fourth-order valence-corrected chi connectivity index (χ4v) is 4.01. The van der Waals surface area contributed by atoms with E-state index in [1.165, 1.54) is 86.2 Å². The summed E-state index contributed by atoms with van der Waals surface area (Å²) in [6.45, 7) is 3.60. The van der Waals surface area contributed by atoms with Crippen molar-refractivity contribution in [3.8, 4) is 17.8 Å². The van der Waals surface area contributed by atoms with E-state index in [9.17, 15) is 9.18 Å². The fraction of sp³-hybridized carbons (Fsp3) is 0.348. The number of hydrogen-bond donors (Lipinski definition) is 1. The van der Waals surface area contributed by atoms with Gasteiger partial charge >= 0.3 is 0 Å². The number of amidine groups is 1. The second-order valence-electron chi connectivity index (χ2n) is 7.67. The predicted molar refractivity (Wildman–Crippen MR) is 118 cm³/mol. The van der Waals surface area contributed by atoms with Gasteiger partial charge in [-0.15, -0.1) is 0 Å². The van der Waals surface area contributed by atoms with Crippen molar-refractivity contribution in [1.29, 1.82) is 10.5 Å². The first-order valence-corrected chi connectivity index (χ1v) is 10.6. The third kappa shape index (κ3) is 4.23. The summed E-state index contributed by atoms with van der Waals surface area (Å²) in [5.41, 5.74) is 0.0696. The number of pyridine rings is 1. The zero-order valence-electron chi connectivity index (χ0n) is 17.5. The highest BCUT2D eigenvalue weighted by atomic mass is 19.1. The van der Waals surface area contributed by atoms with Crippen molar-refractivity contribution in [3.05, 3.63) is 57.9 Å². The number of rotatable bonds is 1. The Hall–Kier alpha value is -3.98. The zero-order valence-corrected chi connectivity index (χ0v) is 17.5. The van der Waals surface area contributed by atoms with Gasteiger partial charge in [0.1, 0.15) is 46.6 Å². The van der Waals surface area contributed by atoms with Crippen LogP contribution in [0.4, 0.5) is 4.39 Å². The van der Waals surface area contributed by atoms with Crippen molar-refractivity contribution in [2.24, 2.45) is 4.99 Å². The van der Waals surface area contributed by atoms with Crippen LogP contribution in [0.3, 0.4) is 0 Å². The fourth-order valence-electron chi connectivity index (χ4n) is 4.01. The molecule has 1 saturated heterocycles. The van der Waals surface area contributed by atoms with Gasteiger partial charge in [-0.1, -0.05) is 6.42 Å². The van der Waals surface area contributed by atoms with Crippen LogP contribution in [-0.2, 0) is 0 Å². The van der Waals surface area contributed by atoms with Crippen molar-refractivity contribution in [2.45, 2.75) is 32.1 Å². The Balaban J connectivity index is 0.000000186. The first kappa shape index (κ1) is 21.3. The number of fused-ring (bicyclic) bond motifs is 2. The number of aromatic amines is 1.